The minimum Gasteiger partial charge on any atom is -0.381 e. The molecule has 0 radical (unpaired) electrons. The first kappa shape index (κ1) is 16.5. The molecular weight excluding hydrogens is 252 g/mol. The zero-order valence-corrected chi connectivity index (χ0v) is 12.4. The highest BCUT2D eigenvalue weighted by atomic mass is 16.5. The molecule has 1 rings (SSSR count). The lowest BCUT2D eigenvalue weighted by molar-refractivity contribution is 0.129. The minimum absolute atomic E-state index is 0.102. The molecule has 0 aliphatic heterocycles. The number of unbranched alkanes of at least 4 members (excludes halogenated alkanes) is 1. The van der Waals surface area contributed by atoms with E-state index in [0.717, 1.165) is 32.3 Å². The van der Waals surface area contributed by atoms with Crippen LogP contribution in [0.1, 0.15) is 31.7 Å². The summed E-state index contributed by atoms with van der Waals surface area (Å²) in [6.45, 7) is 4.99. The Bertz CT molecular complexity index is 355. The van der Waals surface area contributed by atoms with Gasteiger partial charge in [0.15, 0.2) is 0 Å². The highest BCUT2D eigenvalue weighted by Gasteiger charge is 1.99. The first-order chi connectivity index (χ1) is 9.83. The second-order valence-corrected chi connectivity index (χ2v) is 4.74. The fourth-order valence-corrected chi connectivity index (χ4v) is 1.75. The van der Waals surface area contributed by atoms with Gasteiger partial charge in [0, 0.05) is 26.3 Å². The molecule has 0 fully saturated rings. The van der Waals surface area contributed by atoms with Crippen LogP contribution in [0, 0.1) is 0 Å². The van der Waals surface area contributed by atoms with Crippen LogP contribution in [0.2, 0.25) is 0 Å². The van der Waals surface area contributed by atoms with E-state index in [0.29, 0.717) is 19.7 Å². The predicted molar refractivity (Wildman–Crippen MR) is 81.9 cm³/mol. The van der Waals surface area contributed by atoms with Gasteiger partial charge in [-0.3, -0.25) is 0 Å². The third-order valence-corrected chi connectivity index (χ3v) is 2.94. The van der Waals surface area contributed by atoms with Crippen LogP contribution in [-0.2, 0) is 11.2 Å². The van der Waals surface area contributed by atoms with Gasteiger partial charge in [-0.05, 0) is 24.8 Å². The van der Waals surface area contributed by atoms with Crippen LogP contribution in [0.3, 0.4) is 0 Å². The monoisotopic (exact) mass is 278 g/mol. The summed E-state index contributed by atoms with van der Waals surface area (Å²) >= 11 is 0. The fraction of sp³-hybridized carbons (Fsp3) is 0.562. The van der Waals surface area contributed by atoms with E-state index in [-0.39, 0.29) is 6.03 Å². The second kappa shape index (κ2) is 11.3. The first-order valence-corrected chi connectivity index (χ1v) is 7.46. The molecule has 112 valence electrons. The third-order valence-electron chi connectivity index (χ3n) is 2.94. The maximum absolute atomic E-state index is 11.5. The molecule has 4 heteroatoms. The summed E-state index contributed by atoms with van der Waals surface area (Å²) in [4.78, 5) is 11.5. The van der Waals surface area contributed by atoms with Gasteiger partial charge in [-0.25, -0.2) is 4.79 Å². The molecule has 0 aromatic heterocycles. The maximum atomic E-state index is 11.5. The van der Waals surface area contributed by atoms with Crippen LogP contribution in [0.4, 0.5) is 4.79 Å². The van der Waals surface area contributed by atoms with Crippen LogP contribution in [0.15, 0.2) is 30.3 Å². The molecule has 2 amide bonds. The Morgan fingerprint density at radius 3 is 2.50 bits per heavy atom. The van der Waals surface area contributed by atoms with Gasteiger partial charge in [-0.2, -0.15) is 0 Å². The van der Waals surface area contributed by atoms with Crippen molar-refractivity contribution in [3.05, 3.63) is 35.9 Å². The van der Waals surface area contributed by atoms with Crippen LogP contribution in [0.5, 0.6) is 0 Å². The molecule has 4 nitrogen and oxygen atoms in total. The SMILES string of the molecule is CCCCOCCCNC(=O)NCCc1ccccc1. The topological polar surface area (TPSA) is 50.4 Å². The van der Waals surface area contributed by atoms with Crippen molar-refractivity contribution in [3.8, 4) is 0 Å². The molecule has 0 saturated heterocycles. The number of carbonyl (C=O) groups is 1. The van der Waals surface area contributed by atoms with Crippen LogP contribution in [-0.4, -0.2) is 32.3 Å². The number of hydrogen-bond acceptors (Lipinski definition) is 2. The van der Waals surface area contributed by atoms with E-state index in [9.17, 15) is 4.79 Å². The number of benzene rings is 1. The number of amides is 2. The summed E-state index contributed by atoms with van der Waals surface area (Å²) in [6.07, 6.45) is 3.97. The Morgan fingerprint density at radius 1 is 1.05 bits per heavy atom. The van der Waals surface area contributed by atoms with E-state index in [1.807, 2.05) is 18.2 Å². The van der Waals surface area contributed by atoms with Gasteiger partial charge < -0.3 is 15.4 Å². The van der Waals surface area contributed by atoms with Crippen molar-refractivity contribution in [2.45, 2.75) is 32.6 Å². The van der Waals surface area contributed by atoms with Crippen molar-refractivity contribution >= 4 is 6.03 Å². The molecule has 1 aromatic carbocycles. The number of ether oxygens (including phenoxy) is 1. The Hall–Kier alpha value is -1.55. The third kappa shape index (κ3) is 8.53. The lowest BCUT2D eigenvalue weighted by Crippen LogP contribution is -2.37. The van der Waals surface area contributed by atoms with E-state index in [2.05, 4.69) is 29.7 Å². The maximum Gasteiger partial charge on any atom is 0.314 e. The average Bonchev–Trinajstić information content (AvgIpc) is 2.47. The highest BCUT2D eigenvalue weighted by molar-refractivity contribution is 5.73. The second-order valence-electron chi connectivity index (χ2n) is 4.74. The zero-order chi connectivity index (χ0) is 14.5. The van der Waals surface area contributed by atoms with Gasteiger partial charge in [0.05, 0.1) is 0 Å². The number of urea groups is 1. The Morgan fingerprint density at radius 2 is 1.75 bits per heavy atom. The summed E-state index contributed by atoms with van der Waals surface area (Å²) in [5, 5.41) is 5.68. The lowest BCUT2D eigenvalue weighted by Gasteiger charge is -2.08. The number of nitrogens with one attached hydrogen (secondary N) is 2. The van der Waals surface area contributed by atoms with Gasteiger partial charge >= 0.3 is 6.03 Å². The Labute approximate surface area is 121 Å². The van der Waals surface area contributed by atoms with Crippen LogP contribution in [0.25, 0.3) is 0 Å². The molecule has 0 spiro atoms. The van der Waals surface area contributed by atoms with E-state index in [4.69, 9.17) is 4.74 Å². The molecule has 0 aliphatic carbocycles. The average molecular weight is 278 g/mol. The summed E-state index contributed by atoms with van der Waals surface area (Å²) in [5.41, 5.74) is 1.23. The lowest BCUT2D eigenvalue weighted by atomic mass is 10.1. The van der Waals surface area contributed by atoms with Gasteiger partial charge in [-0.1, -0.05) is 43.7 Å². The Kier molecular flexibility index (Phi) is 9.32. The highest BCUT2D eigenvalue weighted by Crippen LogP contribution is 1.97. The molecule has 0 bridgehead atoms. The fourth-order valence-electron chi connectivity index (χ4n) is 1.75. The molecular formula is C16H26N2O2. The first-order valence-electron chi connectivity index (χ1n) is 7.46. The molecule has 20 heavy (non-hydrogen) atoms. The van der Waals surface area contributed by atoms with E-state index >= 15 is 0 Å². The van der Waals surface area contributed by atoms with Crippen molar-refractivity contribution in [1.82, 2.24) is 10.6 Å². The van der Waals surface area contributed by atoms with Crippen molar-refractivity contribution in [3.63, 3.8) is 0 Å². The van der Waals surface area contributed by atoms with Crippen LogP contribution < -0.4 is 10.6 Å². The molecule has 0 atom stereocenters. The predicted octanol–water partition coefficient (Wildman–Crippen LogP) is 2.74. The standard InChI is InChI=1S/C16H26N2O2/c1-2-3-13-20-14-7-11-17-16(19)18-12-10-15-8-5-4-6-9-15/h4-6,8-9H,2-3,7,10-14H2,1H3,(H2,17,18,19). The Balaban J connectivity index is 1.93. The van der Waals surface area contributed by atoms with Crippen molar-refractivity contribution in [2.75, 3.05) is 26.3 Å². The van der Waals surface area contributed by atoms with E-state index in [1.54, 1.807) is 0 Å². The molecule has 0 unspecified atom stereocenters. The summed E-state index contributed by atoms with van der Waals surface area (Å²) < 4.78 is 5.42. The van der Waals surface area contributed by atoms with Gasteiger partial charge in [0.25, 0.3) is 0 Å². The van der Waals surface area contributed by atoms with Gasteiger partial charge in [0.2, 0.25) is 0 Å². The number of rotatable bonds is 10. The van der Waals surface area contributed by atoms with Crippen molar-refractivity contribution in [2.24, 2.45) is 0 Å². The largest absolute Gasteiger partial charge is 0.381 e. The smallest absolute Gasteiger partial charge is 0.314 e. The molecule has 2 N–H and O–H groups in total. The van der Waals surface area contributed by atoms with E-state index < -0.39 is 0 Å². The molecule has 0 heterocycles. The zero-order valence-electron chi connectivity index (χ0n) is 12.4. The molecule has 0 aliphatic rings. The minimum atomic E-state index is -0.102. The molecule has 1 aromatic rings. The van der Waals surface area contributed by atoms with E-state index in [1.165, 1.54) is 5.56 Å². The van der Waals surface area contributed by atoms with Crippen molar-refractivity contribution < 1.29 is 9.53 Å². The normalized spacial score (nSPS) is 10.2. The quantitative estimate of drug-likeness (QED) is 0.647. The van der Waals surface area contributed by atoms with Crippen LogP contribution >= 0.6 is 0 Å². The summed E-state index contributed by atoms with van der Waals surface area (Å²) in [7, 11) is 0. The van der Waals surface area contributed by atoms with Crippen molar-refractivity contribution in [1.29, 1.82) is 0 Å². The van der Waals surface area contributed by atoms with Gasteiger partial charge in [0.1, 0.15) is 0 Å². The number of carbonyl (C=O) groups excluding carboxylic acids is 1. The molecule has 0 saturated carbocycles. The van der Waals surface area contributed by atoms with Gasteiger partial charge in [-0.15, -0.1) is 0 Å². The summed E-state index contributed by atoms with van der Waals surface area (Å²) in [6, 6.07) is 10.0. The summed E-state index contributed by atoms with van der Waals surface area (Å²) in [5.74, 6) is 0. The number of hydrogen-bond donors (Lipinski definition) is 2.